The van der Waals surface area contributed by atoms with Crippen LogP contribution in [0.2, 0.25) is 0 Å². The zero-order valence-corrected chi connectivity index (χ0v) is 16.1. The molecular formula is C23H25N3O. The lowest BCUT2D eigenvalue weighted by molar-refractivity contribution is 0.0958. The van der Waals surface area contributed by atoms with Gasteiger partial charge in [0, 0.05) is 29.6 Å². The Labute approximate surface area is 160 Å². The maximum absolute atomic E-state index is 12.1. The van der Waals surface area contributed by atoms with Gasteiger partial charge in [-0.2, -0.15) is 0 Å². The lowest BCUT2D eigenvalue weighted by Crippen LogP contribution is -2.23. The fourth-order valence-electron chi connectivity index (χ4n) is 3.14. The van der Waals surface area contributed by atoms with E-state index in [1.807, 2.05) is 38.2 Å². The number of fused-ring (bicyclic) bond motifs is 1. The number of hydrogen-bond acceptors (Lipinski definition) is 2. The maximum Gasteiger partial charge on any atom is 0.252 e. The predicted octanol–water partition coefficient (Wildman–Crippen LogP) is 3.47. The molecule has 0 fully saturated rings. The van der Waals surface area contributed by atoms with Crippen molar-refractivity contribution in [2.24, 2.45) is 0 Å². The van der Waals surface area contributed by atoms with E-state index >= 15 is 0 Å². The number of carbonyl (C=O) groups is 1. The Balaban J connectivity index is 1.72. The van der Waals surface area contributed by atoms with Gasteiger partial charge in [-0.1, -0.05) is 29.7 Å². The van der Waals surface area contributed by atoms with Crippen molar-refractivity contribution >= 4 is 16.8 Å². The van der Waals surface area contributed by atoms with Gasteiger partial charge in [0.15, 0.2) is 0 Å². The summed E-state index contributed by atoms with van der Waals surface area (Å²) in [4.78, 5) is 12.1. The van der Waals surface area contributed by atoms with Gasteiger partial charge in [0.2, 0.25) is 0 Å². The number of aryl methyl sites for hydroxylation is 2. The normalized spacial score (nSPS) is 10.5. The molecule has 0 saturated carbocycles. The highest BCUT2D eigenvalue weighted by atomic mass is 16.1. The molecule has 3 aromatic rings. The van der Waals surface area contributed by atoms with Gasteiger partial charge in [-0.25, -0.2) is 0 Å². The third-order valence-electron chi connectivity index (χ3n) is 4.53. The molecule has 0 aliphatic rings. The quantitative estimate of drug-likeness (QED) is 0.685. The summed E-state index contributed by atoms with van der Waals surface area (Å²) in [5.74, 6) is 6.18. The zero-order chi connectivity index (χ0) is 19.2. The smallest absolute Gasteiger partial charge is 0.252 e. The van der Waals surface area contributed by atoms with Crippen LogP contribution in [-0.2, 0) is 13.1 Å². The maximum atomic E-state index is 12.1. The van der Waals surface area contributed by atoms with E-state index in [9.17, 15) is 4.79 Å². The van der Waals surface area contributed by atoms with Gasteiger partial charge in [0.25, 0.3) is 5.91 Å². The first-order valence-electron chi connectivity index (χ1n) is 9.23. The SMILES string of the molecule is CCn1c(C#CCNC(=O)c2ccc(C)cc2)cc2cc(CNC)ccc21. The van der Waals surface area contributed by atoms with E-state index in [4.69, 9.17) is 0 Å². The third-order valence-corrected chi connectivity index (χ3v) is 4.53. The van der Waals surface area contributed by atoms with Gasteiger partial charge in [-0.15, -0.1) is 0 Å². The van der Waals surface area contributed by atoms with Crippen LogP contribution in [0.1, 0.15) is 34.1 Å². The predicted molar refractivity (Wildman–Crippen MR) is 111 cm³/mol. The van der Waals surface area contributed by atoms with E-state index in [0.29, 0.717) is 12.1 Å². The second-order valence-electron chi connectivity index (χ2n) is 6.55. The van der Waals surface area contributed by atoms with Crippen LogP contribution in [0, 0.1) is 18.8 Å². The first kappa shape index (κ1) is 18.8. The highest BCUT2D eigenvalue weighted by molar-refractivity contribution is 5.94. The van der Waals surface area contributed by atoms with Gasteiger partial charge < -0.3 is 15.2 Å². The average molecular weight is 359 g/mol. The van der Waals surface area contributed by atoms with E-state index in [1.54, 1.807) is 0 Å². The molecule has 2 N–H and O–H groups in total. The van der Waals surface area contributed by atoms with Gasteiger partial charge >= 0.3 is 0 Å². The molecule has 2 aromatic carbocycles. The largest absolute Gasteiger partial charge is 0.341 e. The lowest BCUT2D eigenvalue weighted by atomic mass is 10.1. The van der Waals surface area contributed by atoms with Crippen LogP contribution in [0.25, 0.3) is 10.9 Å². The molecule has 4 heteroatoms. The molecule has 0 aliphatic heterocycles. The number of rotatable bonds is 5. The number of carbonyl (C=O) groups excluding carboxylic acids is 1. The highest BCUT2D eigenvalue weighted by Crippen LogP contribution is 2.21. The van der Waals surface area contributed by atoms with E-state index in [1.165, 1.54) is 16.5 Å². The van der Waals surface area contributed by atoms with Crippen LogP contribution >= 0.6 is 0 Å². The topological polar surface area (TPSA) is 46.1 Å². The molecule has 1 amide bonds. The van der Waals surface area contributed by atoms with Crippen molar-refractivity contribution in [3.63, 3.8) is 0 Å². The summed E-state index contributed by atoms with van der Waals surface area (Å²) < 4.78 is 2.20. The average Bonchev–Trinajstić information content (AvgIpc) is 3.02. The lowest BCUT2D eigenvalue weighted by Gasteiger charge is -2.04. The number of benzene rings is 2. The number of aromatic nitrogens is 1. The van der Waals surface area contributed by atoms with Crippen molar-refractivity contribution in [1.29, 1.82) is 0 Å². The third kappa shape index (κ3) is 4.39. The molecule has 27 heavy (non-hydrogen) atoms. The number of nitrogens with zero attached hydrogens (tertiary/aromatic N) is 1. The van der Waals surface area contributed by atoms with Crippen molar-refractivity contribution in [3.05, 3.63) is 70.9 Å². The summed E-state index contributed by atoms with van der Waals surface area (Å²) >= 11 is 0. The molecule has 0 saturated heterocycles. The molecule has 4 nitrogen and oxygen atoms in total. The van der Waals surface area contributed by atoms with Gasteiger partial charge in [-0.3, -0.25) is 4.79 Å². The number of hydrogen-bond donors (Lipinski definition) is 2. The molecule has 0 bridgehead atoms. The molecule has 138 valence electrons. The van der Waals surface area contributed by atoms with Gasteiger partial charge in [0.05, 0.1) is 12.2 Å². The first-order valence-corrected chi connectivity index (χ1v) is 9.23. The van der Waals surface area contributed by atoms with Crippen molar-refractivity contribution in [2.75, 3.05) is 13.6 Å². The number of nitrogens with one attached hydrogen (secondary N) is 2. The summed E-state index contributed by atoms with van der Waals surface area (Å²) in [6, 6.07) is 16.1. The minimum Gasteiger partial charge on any atom is -0.341 e. The molecular weight excluding hydrogens is 334 g/mol. The first-order chi connectivity index (χ1) is 13.1. The number of amides is 1. The summed E-state index contributed by atoms with van der Waals surface area (Å²) in [7, 11) is 1.95. The molecule has 1 aromatic heterocycles. The van der Waals surface area contributed by atoms with Crippen LogP contribution in [0.4, 0.5) is 0 Å². The Morgan fingerprint density at radius 3 is 2.59 bits per heavy atom. The Morgan fingerprint density at radius 1 is 1.11 bits per heavy atom. The molecule has 0 unspecified atom stereocenters. The van der Waals surface area contributed by atoms with Crippen LogP contribution in [0.5, 0.6) is 0 Å². The van der Waals surface area contributed by atoms with Crippen LogP contribution in [0.3, 0.4) is 0 Å². The van der Waals surface area contributed by atoms with E-state index in [0.717, 1.165) is 24.3 Å². The monoisotopic (exact) mass is 359 g/mol. The summed E-state index contributed by atoms with van der Waals surface area (Å²) in [5.41, 5.74) is 5.20. The molecule has 1 heterocycles. The van der Waals surface area contributed by atoms with Crippen molar-refractivity contribution in [2.45, 2.75) is 26.9 Å². The Bertz CT molecular complexity index is 1000. The Morgan fingerprint density at radius 2 is 1.89 bits per heavy atom. The van der Waals surface area contributed by atoms with Crippen LogP contribution < -0.4 is 10.6 Å². The fourth-order valence-corrected chi connectivity index (χ4v) is 3.14. The minimum absolute atomic E-state index is 0.1000. The van der Waals surface area contributed by atoms with Gasteiger partial charge in [0.1, 0.15) is 0 Å². The van der Waals surface area contributed by atoms with Crippen LogP contribution in [-0.4, -0.2) is 24.1 Å². The fraction of sp³-hybridized carbons (Fsp3) is 0.261. The van der Waals surface area contributed by atoms with Crippen LogP contribution in [0.15, 0.2) is 48.5 Å². The molecule has 0 radical (unpaired) electrons. The Kier molecular flexibility index (Phi) is 5.95. The molecule has 0 spiro atoms. The molecule has 0 atom stereocenters. The second kappa shape index (κ2) is 8.57. The summed E-state index contributed by atoms with van der Waals surface area (Å²) in [6.07, 6.45) is 0. The zero-order valence-electron chi connectivity index (χ0n) is 16.1. The second-order valence-corrected chi connectivity index (χ2v) is 6.55. The Hall–Kier alpha value is -3.03. The molecule has 3 rings (SSSR count). The highest BCUT2D eigenvalue weighted by Gasteiger charge is 2.07. The van der Waals surface area contributed by atoms with E-state index < -0.39 is 0 Å². The van der Waals surface area contributed by atoms with Crippen molar-refractivity contribution in [1.82, 2.24) is 15.2 Å². The van der Waals surface area contributed by atoms with Crippen molar-refractivity contribution in [3.8, 4) is 11.8 Å². The standard InChI is InChI=1S/C23H25N3O/c1-4-26-21(15-20-14-18(16-24-3)9-12-22(20)26)6-5-13-25-23(27)19-10-7-17(2)8-11-19/h7-12,14-15,24H,4,13,16H2,1-3H3,(H,25,27). The van der Waals surface area contributed by atoms with Gasteiger partial charge in [-0.05, 0) is 62.7 Å². The van der Waals surface area contributed by atoms with E-state index in [-0.39, 0.29) is 5.91 Å². The summed E-state index contributed by atoms with van der Waals surface area (Å²) in [6.45, 7) is 6.14. The van der Waals surface area contributed by atoms with Crippen molar-refractivity contribution < 1.29 is 4.79 Å². The minimum atomic E-state index is -0.1000. The van der Waals surface area contributed by atoms with E-state index in [2.05, 4.69) is 58.2 Å². The summed E-state index contributed by atoms with van der Waals surface area (Å²) in [5, 5.41) is 7.23. The molecule has 0 aliphatic carbocycles.